The van der Waals surface area contributed by atoms with Gasteiger partial charge in [-0.3, -0.25) is 4.79 Å². The number of rotatable bonds is 6. The summed E-state index contributed by atoms with van der Waals surface area (Å²) in [4.78, 5) is 12.5. The predicted molar refractivity (Wildman–Crippen MR) is 114 cm³/mol. The normalized spacial score (nSPS) is 10.5. The third-order valence-corrected chi connectivity index (χ3v) is 5.07. The van der Waals surface area contributed by atoms with Crippen LogP contribution in [0.4, 0.5) is 5.69 Å². The monoisotopic (exact) mass is 423 g/mol. The molecule has 0 atom stereocenters. The number of hydrogen-bond donors (Lipinski definition) is 1. The molecule has 0 aliphatic heterocycles. The summed E-state index contributed by atoms with van der Waals surface area (Å²) >= 11 is 3.50. The zero-order valence-corrected chi connectivity index (χ0v) is 17.0. The Balaban J connectivity index is 1.61. The lowest BCUT2D eigenvalue weighted by Crippen LogP contribution is -2.12. The Bertz CT molecular complexity index is 938. The van der Waals surface area contributed by atoms with E-state index in [1.807, 2.05) is 49.4 Å². The van der Waals surface area contributed by atoms with Crippen LogP contribution in [0.2, 0.25) is 0 Å². The second-order valence-corrected chi connectivity index (χ2v) is 7.34. The maximum atomic E-state index is 12.5. The van der Waals surface area contributed by atoms with Crippen LogP contribution in [0.5, 0.6) is 5.75 Å². The SMILES string of the molecule is Cc1ccc(NC(=O)c2ccc(OCCc3ccccc3)c(Br)c2)cc1C. The van der Waals surface area contributed by atoms with Crippen molar-refractivity contribution < 1.29 is 9.53 Å². The average molecular weight is 424 g/mol. The van der Waals surface area contributed by atoms with Gasteiger partial charge in [-0.2, -0.15) is 0 Å². The van der Waals surface area contributed by atoms with Gasteiger partial charge in [-0.1, -0.05) is 36.4 Å². The summed E-state index contributed by atoms with van der Waals surface area (Å²) in [5, 5.41) is 2.94. The van der Waals surface area contributed by atoms with Crippen LogP contribution in [0, 0.1) is 13.8 Å². The van der Waals surface area contributed by atoms with Crippen LogP contribution >= 0.6 is 15.9 Å². The summed E-state index contributed by atoms with van der Waals surface area (Å²) < 4.78 is 6.61. The molecule has 4 heteroatoms. The molecule has 0 radical (unpaired) electrons. The highest BCUT2D eigenvalue weighted by atomic mass is 79.9. The van der Waals surface area contributed by atoms with Crippen molar-refractivity contribution in [1.82, 2.24) is 0 Å². The molecule has 0 unspecified atom stereocenters. The van der Waals surface area contributed by atoms with Gasteiger partial charge in [0.2, 0.25) is 0 Å². The van der Waals surface area contributed by atoms with E-state index in [-0.39, 0.29) is 5.91 Å². The maximum absolute atomic E-state index is 12.5. The van der Waals surface area contributed by atoms with Gasteiger partial charge in [-0.25, -0.2) is 0 Å². The molecule has 1 N–H and O–H groups in total. The van der Waals surface area contributed by atoms with Gasteiger partial charge in [-0.05, 0) is 76.8 Å². The fourth-order valence-corrected chi connectivity index (χ4v) is 3.20. The number of carbonyl (C=O) groups excluding carboxylic acids is 1. The third kappa shape index (κ3) is 5.20. The lowest BCUT2D eigenvalue weighted by Gasteiger charge is -2.11. The van der Waals surface area contributed by atoms with E-state index < -0.39 is 0 Å². The molecule has 3 aromatic rings. The lowest BCUT2D eigenvalue weighted by molar-refractivity contribution is 0.102. The van der Waals surface area contributed by atoms with E-state index in [4.69, 9.17) is 4.74 Å². The summed E-state index contributed by atoms with van der Waals surface area (Å²) in [6.45, 7) is 4.66. The minimum Gasteiger partial charge on any atom is -0.492 e. The first-order valence-corrected chi connectivity index (χ1v) is 9.67. The van der Waals surface area contributed by atoms with E-state index in [1.54, 1.807) is 12.1 Å². The summed E-state index contributed by atoms with van der Waals surface area (Å²) in [6, 6.07) is 21.5. The topological polar surface area (TPSA) is 38.3 Å². The number of anilines is 1. The molecule has 3 aromatic carbocycles. The van der Waals surface area contributed by atoms with Gasteiger partial charge >= 0.3 is 0 Å². The van der Waals surface area contributed by atoms with Crippen LogP contribution in [0.1, 0.15) is 27.0 Å². The highest BCUT2D eigenvalue weighted by molar-refractivity contribution is 9.10. The second kappa shape index (κ2) is 8.87. The number of ether oxygens (including phenoxy) is 1. The fraction of sp³-hybridized carbons (Fsp3) is 0.174. The van der Waals surface area contributed by atoms with Crippen LogP contribution in [-0.4, -0.2) is 12.5 Å². The van der Waals surface area contributed by atoms with Crippen LogP contribution in [-0.2, 0) is 6.42 Å². The van der Waals surface area contributed by atoms with Gasteiger partial charge < -0.3 is 10.1 Å². The highest BCUT2D eigenvalue weighted by Gasteiger charge is 2.10. The second-order valence-electron chi connectivity index (χ2n) is 6.48. The third-order valence-electron chi connectivity index (χ3n) is 4.45. The van der Waals surface area contributed by atoms with Gasteiger partial charge in [0, 0.05) is 17.7 Å². The van der Waals surface area contributed by atoms with Crippen LogP contribution < -0.4 is 10.1 Å². The van der Waals surface area contributed by atoms with E-state index in [0.29, 0.717) is 12.2 Å². The first kappa shape index (κ1) is 19.2. The van der Waals surface area contributed by atoms with Gasteiger partial charge in [-0.15, -0.1) is 0 Å². The Morgan fingerprint density at radius 2 is 1.74 bits per heavy atom. The molecule has 0 spiro atoms. The molecule has 3 nitrogen and oxygen atoms in total. The van der Waals surface area contributed by atoms with E-state index >= 15 is 0 Å². The average Bonchev–Trinajstić information content (AvgIpc) is 2.67. The molecular formula is C23H22BrNO2. The van der Waals surface area contributed by atoms with E-state index in [0.717, 1.165) is 27.9 Å². The first-order chi connectivity index (χ1) is 13.0. The quantitative estimate of drug-likeness (QED) is 0.532. The Morgan fingerprint density at radius 1 is 0.963 bits per heavy atom. The van der Waals surface area contributed by atoms with Crippen LogP contribution in [0.15, 0.2) is 71.2 Å². The Labute approximate surface area is 168 Å². The molecule has 0 bridgehead atoms. The molecular weight excluding hydrogens is 402 g/mol. The first-order valence-electron chi connectivity index (χ1n) is 8.88. The van der Waals surface area contributed by atoms with Crippen LogP contribution in [0.25, 0.3) is 0 Å². The Hall–Kier alpha value is -2.59. The summed E-state index contributed by atoms with van der Waals surface area (Å²) in [5.74, 6) is 0.587. The number of amides is 1. The van der Waals surface area contributed by atoms with Crippen molar-refractivity contribution in [3.8, 4) is 5.75 Å². The van der Waals surface area contributed by atoms with E-state index in [2.05, 4.69) is 40.3 Å². The molecule has 1 amide bonds. The number of halogens is 1. The molecule has 0 saturated heterocycles. The molecule has 0 saturated carbocycles. The van der Waals surface area contributed by atoms with Crippen molar-refractivity contribution in [3.63, 3.8) is 0 Å². The maximum Gasteiger partial charge on any atom is 0.255 e. The number of hydrogen-bond acceptors (Lipinski definition) is 2. The fourth-order valence-electron chi connectivity index (χ4n) is 2.71. The zero-order valence-electron chi connectivity index (χ0n) is 15.5. The van der Waals surface area contributed by atoms with Crippen LogP contribution in [0.3, 0.4) is 0 Å². The molecule has 0 fully saturated rings. The summed E-state index contributed by atoms with van der Waals surface area (Å²) in [5.41, 5.74) is 4.96. The number of nitrogens with one attached hydrogen (secondary N) is 1. The van der Waals surface area contributed by atoms with E-state index in [9.17, 15) is 4.79 Å². The smallest absolute Gasteiger partial charge is 0.255 e. The van der Waals surface area contributed by atoms with Crippen molar-refractivity contribution in [2.45, 2.75) is 20.3 Å². The van der Waals surface area contributed by atoms with Gasteiger partial charge in [0.25, 0.3) is 5.91 Å². The summed E-state index contributed by atoms with van der Waals surface area (Å²) in [6.07, 6.45) is 0.836. The Kier molecular flexibility index (Phi) is 6.30. The molecule has 138 valence electrons. The molecule has 3 rings (SSSR count). The lowest BCUT2D eigenvalue weighted by atomic mass is 10.1. The molecule has 0 aromatic heterocycles. The number of carbonyl (C=O) groups is 1. The molecule has 0 aliphatic rings. The molecule has 27 heavy (non-hydrogen) atoms. The number of benzene rings is 3. The van der Waals surface area contributed by atoms with Crippen molar-refractivity contribution in [2.75, 3.05) is 11.9 Å². The number of aryl methyl sites for hydroxylation is 2. The minimum atomic E-state index is -0.144. The standard InChI is InChI=1S/C23H22BrNO2/c1-16-8-10-20(14-17(16)2)25-23(26)19-9-11-22(21(24)15-19)27-13-12-18-6-4-3-5-7-18/h3-11,14-15H,12-13H2,1-2H3,(H,25,26). The van der Waals surface area contributed by atoms with Crippen molar-refractivity contribution in [1.29, 1.82) is 0 Å². The summed E-state index contributed by atoms with van der Waals surface area (Å²) in [7, 11) is 0. The van der Waals surface area contributed by atoms with Crippen molar-refractivity contribution in [3.05, 3.63) is 93.5 Å². The predicted octanol–water partition coefficient (Wildman–Crippen LogP) is 5.94. The Morgan fingerprint density at radius 3 is 2.44 bits per heavy atom. The van der Waals surface area contributed by atoms with Crippen molar-refractivity contribution in [2.24, 2.45) is 0 Å². The van der Waals surface area contributed by atoms with Crippen molar-refractivity contribution >= 4 is 27.5 Å². The molecule has 0 heterocycles. The largest absolute Gasteiger partial charge is 0.492 e. The zero-order chi connectivity index (χ0) is 19.2. The van der Waals surface area contributed by atoms with E-state index in [1.165, 1.54) is 11.1 Å². The molecule has 0 aliphatic carbocycles. The minimum absolute atomic E-state index is 0.144. The highest BCUT2D eigenvalue weighted by Crippen LogP contribution is 2.27. The van der Waals surface area contributed by atoms with Gasteiger partial charge in [0.1, 0.15) is 5.75 Å². The van der Waals surface area contributed by atoms with Gasteiger partial charge in [0.05, 0.1) is 11.1 Å². The van der Waals surface area contributed by atoms with Gasteiger partial charge in [0.15, 0.2) is 0 Å².